The molecule has 0 aliphatic carbocycles. The number of piperazine rings is 1. The summed E-state index contributed by atoms with van der Waals surface area (Å²) in [6.07, 6.45) is 1.52. The fourth-order valence-corrected chi connectivity index (χ4v) is 2.57. The number of nitrogens with zero attached hydrogens (tertiary/aromatic N) is 5. The summed E-state index contributed by atoms with van der Waals surface area (Å²) >= 11 is 3.47. The Labute approximate surface area is 122 Å². The highest BCUT2D eigenvalue weighted by atomic mass is 79.9. The van der Waals surface area contributed by atoms with Gasteiger partial charge in [0.25, 0.3) is 0 Å². The highest BCUT2D eigenvalue weighted by Crippen LogP contribution is 2.27. The molecule has 6 nitrogen and oxygen atoms in total. The van der Waals surface area contributed by atoms with Crippen LogP contribution in [0, 0.1) is 0 Å². The van der Waals surface area contributed by atoms with Crippen LogP contribution in [0.5, 0.6) is 0 Å². The standard InChI is InChI=1S/C12H21BrN6/c1-17(2)3-4-18-5-7-19(8-6-18)12-10(13)11(14)15-9-16-12/h9H,3-8H2,1-2H3,(H2,14,15,16). The molecule has 19 heavy (non-hydrogen) atoms. The number of hydrogen-bond donors (Lipinski definition) is 1. The van der Waals surface area contributed by atoms with Gasteiger partial charge in [0, 0.05) is 39.3 Å². The molecule has 1 aromatic rings. The fraction of sp³-hybridized carbons (Fsp3) is 0.667. The molecule has 2 N–H and O–H groups in total. The van der Waals surface area contributed by atoms with Crippen molar-refractivity contribution in [2.75, 3.05) is 64.0 Å². The van der Waals surface area contributed by atoms with E-state index in [1.54, 1.807) is 0 Å². The molecule has 106 valence electrons. The van der Waals surface area contributed by atoms with E-state index in [0.717, 1.165) is 49.6 Å². The average molecular weight is 329 g/mol. The number of hydrogen-bond acceptors (Lipinski definition) is 6. The first-order chi connectivity index (χ1) is 9.08. The van der Waals surface area contributed by atoms with Crippen LogP contribution in [0.4, 0.5) is 11.6 Å². The van der Waals surface area contributed by atoms with Gasteiger partial charge in [-0.15, -0.1) is 0 Å². The Hall–Kier alpha value is -0.920. The van der Waals surface area contributed by atoms with Crippen LogP contribution in [0.25, 0.3) is 0 Å². The van der Waals surface area contributed by atoms with Crippen molar-refractivity contribution in [1.82, 2.24) is 19.8 Å². The van der Waals surface area contributed by atoms with E-state index >= 15 is 0 Å². The van der Waals surface area contributed by atoms with Crippen molar-refractivity contribution in [3.63, 3.8) is 0 Å². The third-order valence-electron chi connectivity index (χ3n) is 3.33. The molecular weight excluding hydrogens is 308 g/mol. The lowest BCUT2D eigenvalue weighted by Gasteiger charge is -2.36. The SMILES string of the molecule is CN(C)CCN1CCN(c2ncnc(N)c2Br)CC1. The minimum absolute atomic E-state index is 0.500. The molecular formula is C12H21BrN6. The number of nitrogen functional groups attached to an aromatic ring is 1. The van der Waals surface area contributed by atoms with E-state index in [1.807, 2.05) is 0 Å². The maximum absolute atomic E-state index is 5.80. The maximum atomic E-state index is 5.80. The summed E-state index contributed by atoms with van der Waals surface area (Å²) in [7, 11) is 4.22. The highest BCUT2D eigenvalue weighted by Gasteiger charge is 2.20. The number of nitrogens with two attached hydrogens (primary N) is 1. The van der Waals surface area contributed by atoms with Crippen molar-refractivity contribution in [3.8, 4) is 0 Å². The van der Waals surface area contributed by atoms with Gasteiger partial charge in [-0.2, -0.15) is 0 Å². The van der Waals surface area contributed by atoms with Crippen molar-refractivity contribution >= 4 is 27.6 Å². The lowest BCUT2D eigenvalue weighted by atomic mass is 10.3. The van der Waals surface area contributed by atoms with Gasteiger partial charge in [-0.25, -0.2) is 9.97 Å². The predicted octanol–water partition coefficient (Wildman–Crippen LogP) is 0.505. The minimum atomic E-state index is 0.500. The van der Waals surface area contributed by atoms with E-state index in [9.17, 15) is 0 Å². The second-order valence-corrected chi connectivity index (χ2v) is 5.82. The molecule has 0 radical (unpaired) electrons. The van der Waals surface area contributed by atoms with Crippen molar-refractivity contribution < 1.29 is 0 Å². The number of halogens is 1. The summed E-state index contributed by atoms with van der Waals surface area (Å²) in [6.45, 7) is 6.29. The second kappa shape index (κ2) is 6.49. The van der Waals surface area contributed by atoms with Crippen LogP contribution in [-0.2, 0) is 0 Å². The topological polar surface area (TPSA) is 61.5 Å². The summed E-state index contributed by atoms with van der Waals surface area (Å²) in [6, 6.07) is 0. The molecule has 7 heteroatoms. The van der Waals surface area contributed by atoms with Crippen molar-refractivity contribution in [2.24, 2.45) is 0 Å². The van der Waals surface area contributed by atoms with Gasteiger partial charge in [-0.1, -0.05) is 0 Å². The molecule has 0 spiro atoms. The summed E-state index contributed by atoms with van der Waals surface area (Å²) < 4.78 is 0.803. The largest absolute Gasteiger partial charge is 0.383 e. The molecule has 0 amide bonds. The molecule has 2 heterocycles. The first-order valence-electron chi connectivity index (χ1n) is 6.46. The lowest BCUT2D eigenvalue weighted by Crippen LogP contribution is -2.48. The summed E-state index contributed by atoms with van der Waals surface area (Å²) in [4.78, 5) is 15.3. The van der Waals surface area contributed by atoms with Crippen LogP contribution in [0.1, 0.15) is 0 Å². The fourth-order valence-electron chi connectivity index (χ4n) is 2.12. The molecule has 1 aliphatic rings. The first-order valence-corrected chi connectivity index (χ1v) is 7.25. The molecule has 0 atom stereocenters. The number of likely N-dealkylation sites (N-methyl/N-ethyl adjacent to an activating group) is 1. The lowest BCUT2D eigenvalue weighted by molar-refractivity contribution is 0.229. The molecule has 1 aromatic heterocycles. The first kappa shape index (κ1) is 14.5. The second-order valence-electron chi connectivity index (χ2n) is 5.03. The van der Waals surface area contributed by atoms with Gasteiger partial charge in [0.05, 0.1) is 0 Å². The third-order valence-corrected chi connectivity index (χ3v) is 4.09. The van der Waals surface area contributed by atoms with Crippen molar-refractivity contribution in [1.29, 1.82) is 0 Å². The van der Waals surface area contributed by atoms with Gasteiger partial charge in [0.2, 0.25) is 0 Å². The maximum Gasteiger partial charge on any atom is 0.148 e. The zero-order valence-corrected chi connectivity index (χ0v) is 13.1. The molecule has 1 fully saturated rings. The van der Waals surface area contributed by atoms with Crippen LogP contribution in [0.15, 0.2) is 10.8 Å². The average Bonchev–Trinajstić information content (AvgIpc) is 2.40. The van der Waals surface area contributed by atoms with Gasteiger partial charge in [0.1, 0.15) is 22.4 Å². The van der Waals surface area contributed by atoms with Crippen LogP contribution in [-0.4, -0.2) is 73.1 Å². The Morgan fingerprint density at radius 2 is 1.95 bits per heavy atom. The van der Waals surface area contributed by atoms with Gasteiger partial charge in [-0.3, -0.25) is 4.90 Å². The molecule has 2 rings (SSSR count). The number of rotatable bonds is 4. The van der Waals surface area contributed by atoms with E-state index in [1.165, 1.54) is 6.33 Å². The molecule has 0 unspecified atom stereocenters. The summed E-state index contributed by atoms with van der Waals surface area (Å²) in [5.41, 5.74) is 5.80. The molecule has 0 saturated carbocycles. The van der Waals surface area contributed by atoms with Crippen LogP contribution in [0.3, 0.4) is 0 Å². The van der Waals surface area contributed by atoms with E-state index < -0.39 is 0 Å². The third kappa shape index (κ3) is 3.77. The van der Waals surface area contributed by atoms with Crippen LogP contribution in [0.2, 0.25) is 0 Å². The Balaban J connectivity index is 1.91. The van der Waals surface area contributed by atoms with Crippen molar-refractivity contribution in [2.45, 2.75) is 0 Å². The van der Waals surface area contributed by atoms with Gasteiger partial charge >= 0.3 is 0 Å². The smallest absolute Gasteiger partial charge is 0.148 e. The Kier molecular flexibility index (Phi) is 4.95. The highest BCUT2D eigenvalue weighted by molar-refractivity contribution is 9.10. The predicted molar refractivity (Wildman–Crippen MR) is 81.4 cm³/mol. The Morgan fingerprint density at radius 1 is 1.26 bits per heavy atom. The van der Waals surface area contributed by atoms with E-state index in [2.05, 4.69) is 54.7 Å². The molecule has 0 aromatic carbocycles. The number of aromatic nitrogens is 2. The summed E-state index contributed by atoms with van der Waals surface area (Å²) in [5.74, 6) is 1.40. The quantitative estimate of drug-likeness (QED) is 0.868. The normalized spacial score (nSPS) is 17.2. The molecule has 1 aliphatic heterocycles. The Morgan fingerprint density at radius 3 is 2.58 bits per heavy atom. The number of anilines is 2. The molecule has 1 saturated heterocycles. The van der Waals surface area contributed by atoms with E-state index in [4.69, 9.17) is 5.73 Å². The van der Waals surface area contributed by atoms with Gasteiger partial charge < -0.3 is 15.5 Å². The van der Waals surface area contributed by atoms with Gasteiger partial charge in [0.15, 0.2) is 0 Å². The zero-order chi connectivity index (χ0) is 13.8. The summed E-state index contributed by atoms with van der Waals surface area (Å²) in [5, 5.41) is 0. The van der Waals surface area contributed by atoms with Crippen LogP contribution < -0.4 is 10.6 Å². The molecule has 0 bridgehead atoms. The Bertz CT molecular complexity index is 417. The zero-order valence-electron chi connectivity index (χ0n) is 11.5. The van der Waals surface area contributed by atoms with E-state index in [-0.39, 0.29) is 0 Å². The monoisotopic (exact) mass is 328 g/mol. The van der Waals surface area contributed by atoms with Crippen molar-refractivity contribution in [3.05, 3.63) is 10.8 Å². The van der Waals surface area contributed by atoms with Crippen LogP contribution >= 0.6 is 15.9 Å². The van der Waals surface area contributed by atoms with E-state index in [0.29, 0.717) is 5.82 Å². The minimum Gasteiger partial charge on any atom is -0.383 e. The van der Waals surface area contributed by atoms with Gasteiger partial charge in [-0.05, 0) is 30.0 Å².